The molecule has 1 amide bonds. The van der Waals surface area contributed by atoms with E-state index in [0.29, 0.717) is 12.3 Å². The van der Waals surface area contributed by atoms with Gasteiger partial charge < -0.3 is 20.3 Å². The lowest BCUT2D eigenvalue weighted by molar-refractivity contribution is -0.121. The molecule has 0 spiro atoms. The maximum Gasteiger partial charge on any atom is 0.221 e. The molecule has 0 radical (unpaired) electrons. The van der Waals surface area contributed by atoms with Gasteiger partial charge in [0.05, 0.1) is 12.8 Å². The predicted molar refractivity (Wildman–Crippen MR) is 84.9 cm³/mol. The Morgan fingerprint density at radius 1 is 1.43 bits per heavy atom. The Morgan fingerprint density at radius 3 is 3.00 bits per heavy atom. The largest absolute Gasteiger partial charge is 0.495 e. The lowest BCUT2D eigenvalue weighted by Gasteiger charge is -2.21. The van der Waals surface area contributed by atoms with Crippen molar-refractivity contribution in [3.8, 4) is 5.75 Å². The number of anilines is 1. The molecule has 1 unspecified atom stereocenters. The number of ether oxygens (including phenoxy) is 1. The highest BCUT2D eigenvalue weighted by Crippen LogP contribution is 2.31. The molecule has 0 bridgehead atoms. The highest BCUT2D eigenvalue weighted by Gasteiger charge is 2.24. The van der Waals surface area contributed by atoms with Gasteiger partial charge >= 0.3 is 0 Å². The minimum absolute atomic E-state index is 0.125. The Balaban J connectivity index is 1.82. The summed E-state index contributed by atoms with van der Waals surface area (Å²) in [5.41, 5.74) is 1.14. The number of nitrogens with zero attached hydrogens (tertiary/aromatic N) is 1. The fraction of sp³-hybridized carbons (Fsp3) is 0.562. The molecule has 1 aromatic carbocycles. The summed E-state index contributed by atoms with van der Waals surface area (Å²) in [6.45, 7) is 3.46. The molecule has 1 aliphatic heterocycles. The second-order valence-electron chi connectivity index (χ2n) is 5.43. The van der Waals surface area contributed by atoms with Crippen molar-refractivity contribution >= 4 is 11.6 Å². The van der Waals surface area contributed by atoms with E-state index < -0.39 is 0 Å². The zero-order chi connectivity index (χ0) is 15.1. The first kappa shape index (κ1) is 15.6. The molecule has 2 rings (SSSR count). The number of carbonyl (C=O) groups is 1. The molecule has 1 aromatic rings. The Morgan fingerprint density at radius 2 is 2.24 bits per heavy atom. The molecular weight excluding hydrogens is 266 g/mol. The lowest BCUT2D eigenvalue weighted by atomic mass is 10.1. The number of carbonyl (C=O) groups excluding carboxylic acids is 1. The molecule has 1 fully saturated rings. The molecule has 0 aliphatic carbocycles. The van der Waals surface area contributed by atoms with E-state index in [2.05, 4.69) is 21.6 Å². The van der Waals surface area contributed by atoms with Gasteiger partial charge in [-0.15, -0.1) is 0 Å². The van der Waals surface area contributed by atoms with Crippen LogP contribution in [-0.2, 0) is 4.79 Å². The van der Waals surface area contributed by atoms with Crippen molar-refractivity contribution in [3.63, 3.8) is 0 Å². The van der Waals surface area contributed by atoms with Gasteiger partial charge in [-0.05, 0) is 31.5 Å². The summed E-state index contributed by atoms with van der Waals surface area (Å²) in [6, 6.07) is 8.09. The van der Waals surface area contributed by atoms with Crippen LogP contribution in [0, 0.1) is 5.92 Å². The first-order chi connectivity index (χ1) is 10.2. The van der Waals surface area contributed by atoms with Crippen molar-refractivity contribution in [1.82, 2.24) is 10.6 Å². The molecule has 5 nitrogen and oxygen atoms in total. The van der Waals surface area contributed by atoms with Gasteiger partial charge in [-0.2, -0.15) is 0 Å². The summed E-state index contributed by atoms with van der Waals surface area (Å²) in [5, 5.41) is 6.01. The number of benzene rings is 1. The Hall–Kier alpha value is -1.75. The van der Waals surface area contributed by atoms with Gasteiger partial charge in [-0.3, -0.25) is 4.79 Å². The molecule has 21 heavy (non-hydrogen) atoms. The predicted octanol–water partition coefficient (Wildman–Crippen LogP) is 1.25. The van der Waals surface area contributed by atoms with E-state index in [1.54, 1.807) is 7.11 Å². The van der Waals surface area contributed by atoms with Crippen LogP contribution < -0.4 is 20.3 Å². The van der Waals surface area contributed by atoms with Crippen molar-refractivity contribution in [2.45, 2.75) is 12.8 Å². The third-order valence-electron chi connectivity index (χ3n) is 3.90. The highest BCUT2D eigenvalue weighted by molar-refractivity contribution is 5.76. The molecule has 2 N–H and O–H groups in total. The SMILES string of the molecule is CNCCC(=O)NCC1CCN(c2ccccc2OC)C1. The van der Waals surface area contributed by atoms with Crippen molar-refractivity contribution in [2.24, 2.45) is 5.92 Å². The molecular formula is C16H25N3O2. The number of hydrogen-bond acceptors (Lipinski definition) is 4. The first-order valence-corrected chi connectivity index (χ1v) is 7.54. The van der Waals surface area contributed by atoms with Crippen LogP contribution in [0.5, 0.6) is 5.75 Å². The zero-order valence-corrected chi connectivity index (χ0v) is 12.9. The van der Waals surface area contributed by atoms with E-state index in [-0.39, 0.29) is 5.91 Å². The van der Waals surface area contributed by atoms with Crippen LogP contribution in [0.15, 0.2) is 24.3 Å². The van der Waals surface area contributed by atoms with Gasteiger partial charge in [-0.1, -0.05) is 12.1 Å². The number of methoxy groups -OCH3 is 1. The number of rotatable bonds is 7. The smallest absolute Gasteiger partial charge is 0.221 e. The Labute approximate surface area is 126 Å². The molecule has 0 saturated carbocycles. The average molecular weight is 291 g/mol. The summed E-state index contributed by atoms with van der Waals surface area (Å²) in [7, 11) is 3.56. The topological polar surface area (TPSA) is 53.6 Å². The van der Waals surface area contributed by atoms with Crippen molar-refractivity contribution in [2.75, 3.05) is 45.2 Å². The summed E-state index contributed by atoms with van der Waals surface area (Å²) >= 11 is 0. The first-order valence-electron chi connectivity index (χ1n) is 7.54. The summed E-state index contributed by atoms with van der Waals surface area (Å²) < 4.78 is 5.42. The monoisotopic (exact) mass is 291 g/mol. The molecule has 1 aliphatic rings. The van der Waals surface area contributed by atoms with Gasteiger partial charge in [0.25, 0.3) is 0 Å². The summed E-state index contributed by atoms with van der Waals surface area (Å²) in [4.78, 5) is 14.0. The van der Waals surface area contributed by atoms with Gasteiger partial charge in [-0.25, -0.2) is 0 Å². The normalized spacial score (nSPS) is 17.8. The molecule has 5 heteroatoms. The van der Waals surface area contributed by atoms with E-state index in [0.717, 1.165) is 44.0 Å². The van der Waals surface area contributed by atoms with E-state index >= 15 is 0 Å². The molecule has 116 valence electrons. The van der Waals surface area contributed by atoms with Crippen LogP contribution in [0.3, 0.4) is 0 Å². The Kier molecular flexibility index (Phi) is 5.87. The number of nitrogens with one attached hydrogen (secondary N) is 2. The van der Waals surface area contributed by atoms with Crippen molar-refractivity contribution < 1.29 is 9.53 Å². The van der Waals surface area contributed by atoms with Crippen molar-refractivity contribution in [1.29, 1.82) is 0 Å². The van der Waals surface area contributed by atoms with E-state index in [9.17, 15) is 4.79 Å². The van der Waals surface area contributed by atoms with Crippen LogP contribution in [0.2, 0.25) is 0 Å². The van der Waals surface area contributed by atoms with Crippen LogP contribution in [0.4, 0.5) is 5.69 Å². The highest BCUT2D eigenvalue weighted by atomic mass is 16.5. The summed E-state index contributed by atoms with van der Waals surface area (Å²) in [5.74, 6) is 1.55. The molecule has 0 aromatic heterocycles. The minimum Gasteiger partial charge on any atom is -0.495 e. The van der Waals surface area contributed by atoms with Crippen LogP contribution in [0.1, 0.15) is 12.8 Å². The number of para-hydroxylation sites is 2. The van der Waals surface area contributed by atoms with Crippen molar-refractivity contribution in [3.05, 3.63) is 24.3 Å². The van der Waals surface area contributed by atoms with Crippen LogP contribution in [-0.4, -0.2) is 46.2 Å². The standard InChI is InChI=1S/C16H25N3O2/c1-17-9-7-16(20)18-11-13-8-10-19(12-13)14-5-3-4-6-15(14)21-2/h3-6,13,17H,7-12H2,1-2H3,(H,18,20). The van der Waals surface area contributed by atoms with E-state index in [1.165, 1.54) is 0 Å². The van der Waals surface area contributed by atoms with Gasteiger partial charge in [0.15, 0.2) is 0 Å². The number of hydrogen-bond donors (Lipinski definition) is 2. The van der Waals surface area contributed by atoms with Crippen LogP contribution in [0.25, 0.3) is 0 Å². The fourth-order valence-electron chi connectivity index (χ4n) is 2.69. The van der Waals surface area contributed by atoms with E-state index in [1.807, 2.05) is 25.2 Å². The van der Waals surface area contributed by atoms with Gasteiger partial charge in [0, 0.05) is 32.6 Å². The maximum absolute atomic E-state index is 11.6. The molecule has 1 atom stereocenters. The Bertz CT molecular complexity index is 465. The van der Waals surface area contributed by atoms with Crippen LogP contribution >= 0.6 is 0 Å². The van der Waals surface area contributed by atoms with Gasteiger partial charge in [0.1, 0.15) is 5.75 Å². The maximum atomic E-state index is 11.6. The second-order valence-corrected chi connectivity index (χ2v) is 5.43. The minimum atomic E-state index is 0.125. The lowest BCUT2D eigenvalue weighted by Crippen LogP contribution is -2.32. The third-order valence-corrected chi connectivity index (χ3v) is 3.90. The molecule has 1 saturated heterocycles. The van der Waals surface area contributed by atoms with Gasteiger partial charge in [0.2, 0.25) is 5.91 Å². The third kappa shape index (κ3) is 4.36. The second kappa shape index (κ2) is 7.88. The zero-order valence-electron chi connectivity index (χ0n) is 12.9. The van der Waals surface area contributed by atoms with E-state index in [4.69, 9.17) is 4.74 Å². The fourth-order valence-corrected chi connectivity index (χ4v) is 2.69. The number of amides is 1. The average Bonchev–Trinajstić information content (AvgIpc) is 2.99. The summed E-state index contributed by atoms with van der Waals surface area (Å²) in [6.07, 6.45) is 1.64. The quantitative estimate of drug-likeness (QED) is 0.794. The molecule has 1 heterocycles.